The first-order chi connectivity index (χ1) is 12.5. The predicted octanol–water partition coefficient (Wildman–Crippen LogP) is 3.78. The summed E-state index contributed by atoms with van der Waals surface area (Å²) in [5.74, 6) is 0.837. The fraction of sp³-hybridized carbons (Fsp3) is 1.00. The second kappa shape index (κ2) is 17.5. The Hall–Kier alpha value is 0.367. The summed E-state index contributed by atoms with van der Waals surface area (Å²) in [4.78, 5) is 4.26. The molecule has 0 aliphatic rings. The molecule has 0 atom stereocenters. The SMILES string of the molecule is CCCCCCCCO[Si](CCCS)(OCCN(C)C)OCCN(C)C. The molecule has 0 aromatic carbocycles. The van der Waals surface area contributed by atoms with Crippen LogP contribution in [0.5, 0.6) is 0 Å². The van der Waals surface area contributed by atoms with Crippen LogP contribution in [-0.4, -0.2) is 85.5 Å². The molecule has 0 bridgehead atoms. The van der Waals surface area contributed by atoms with Crippen LogP contribution < -0.4 is 0 Å². The zero-order valence-corrected chi connectivity index (χ0v) is 19.9. The van der Waals surface area contributed by atoms with Gasteiger partial charge >= 0.3 is 8.80 Å². The Bertz CT molecular complexity index is 297. The predicted molar refractivity (Wildman–Crippen MR) is 117 cm³/mol. The Kier molecular flexibility index (Phi) is 17.7. The van der Waals surface area contributed by atoms with E-state index in [9.17, 15) is 0 Å². The van der Waals surface area contributed by atoms with Crippen LogP contribution in [0.4, 0.5) is 0 Å². The molecule has 0 aliphatic heterocycles. The van der Waals surface area contributed by atoms with Crippen molar-refractivity contribution >= 4 is 21.4 Å². The molecule has 0 saturated carbocycles. The molecule has 7 heteroatoms. The van der Waals surface area contributed by atoms with Crippen molar-refractivity contribution in [2.75, 3.05) is 66.9 Å². The average Bonchev–Trinajstić information content (AvgIpc) is 2.58. The molecule has 0 spiro atoms. The lowest BCUT2D eigenvalue weighted by Gasteiger charge is -2.31. The molecule has 5 nitrogen and oxygen atoms in total. The van der Waals surface area contributed by atoms with Gasteiger partial charge < -0.3 is 23.1 Å². The van der Waals surface area contributed by atoms with Gasteiger partial charge in [-0.1, -0.05) is 39.0 Å². The van der Waals surface area contributed by atoms with Gasteiger partial charge in [0.1, 0.15) is 0 Å². The molecule has 0 radical (unpaired) electrons. The minimum Gasteiger partial charge on any atom is -0.373 e. The Labute approximate surface area is 169 Å². The van der Waals surface area contributed by atoms with Gasteiger partial charge in [0, 0.05) is 25.7 Å². The van der Waals surface area contributed by atoms with E-state index in [1.165, 1.54) is 32.1 Å². The van der Waals surface area contributed by atoms with Crippen LogP contribution in [-0.2, 0) is 13.3 Å². The van der Waals surface area contributed by atoms with E-state index >= 15 is 0 Å². The van der Waals surface area contributed by atoms with E-state index in [1.54, 1.807) is 0 Å². The zero-order chi connectivity index (χ0) is 19.7. The molecule has 26 heavy (non-hydrogen) atoms. The minimum absolute atomic E-state index is 0.657. The van der Waals surface area contributed by atoms with Crippen molar-refractivity contribution in [3.05, 3.63) is 0 Å². The van der Waals surface area contributed by atoms with Crippen LogP contribution >= 0.6 is 12.6 Å². The van der Waals surface area contributed by atoms with Gasteiger partial charge in [0.15, 0.2) is 0 Å². The summed E-state index contributed by atoms with van der Waals surface area (Å²) in [5, 5.41) is 0. The fourth-order valence-electron chi connectivity index (χ4n) is 2.51. The van der Waals surface area contributed by atoms with Crippen molar-refractivity contribution < 1.29 is 13.3 Å². The van der Waals surface area contributed by atoms with Crippen LogP contribution in [0.15, 0.2) is 0 Å². The lowest BCUT2D eigenvalue weighted by atomic mass is 10.1. The van der Waals surface area contributed by atoms with Crippen molar-refractivity contribution in [1.29, 1.82) is 0 Å². The van der Waals surface area contributed by atoms with Crippen molar-refractivity contribution in [2.24, 2.45) is 0 Å². The molecule has 0 saturated heterocycles. The molecule has 158 valence electrons. The second-order valence-corrected chi connectivity index (χ2v) is 10.6. The number of likely N-dealkylation sites (N-methyl/N-ethyl adjacent to an activating group) is 2. The van der Waals surface area contributed by atoms with E-state index in [-0.39, 0.29) is 0 Å². The lowest BCUT2D eigenvalue weighted by molar-refractivity contribution is 0.0496. The van der Waals surface area contributed by atoms with Crippen molar-refractivity contribution in [3.8, 4) is 0 Å². The van der Waals surface area contributed by atoms with Gasteiger partial charge in [0.2, 0.25) is 0 Å². The van der Waals surface area contributed by atoms with Gasteiger partial charge in [0.25, 0.3) is 0 Å². The molecule has 0 heterocycles. The summed E-state index contributed by atoms with van der Waals surface area (Å²) in [7, 11) is 5.61. The normalized spacial score (nSPS) is 12.5. The maximum Gasteiger partial charge on any atom is 0.501 e. The first-order valence-corrected chi connectivity index (χ1v) is 12.8. The number of thiol groups is 1. The minimum atomic E-state index is -2.63. The molecule has 0 rings (SSSR count). The summed E-state index contributed by atoms with van der Waals surface area (Å²) >= 11 is 4.38. The number of nitrogens with zero attached hydrogens (tertiary/aromatic N) is 2. The highest BCUT2D eigenvalue weighted by atomic mass is 32.1. The monoisotopic (exact) mass is 408 g/mol. The van der Waals surface area contributed by atoms with Gasteiger partial charge in [0.05, 0.1) is 13.2 Å². The van der Waals surface area contributed by atoms with E-state index in [0.29, 0.717) is 13.2 Å². The number of hydrogen-bond donors (Lipinski definition) is 1. The number of hydrogen-bond acceptors (Lipinski definition) is 6. The van der Waals surface area contributed by atoms with Crippen LogP contribution in [0.3, 0.4) is 0 Å². The topological polar surface area (TPSA) is 34.2 Å². The highest BCUT2D eigenvalue weighted by molar-refractivity contribution is 7.80. The molecule has 0 N–H and O–H groups in total. The maximum atomic E-state index is 6.33. The largest absolute Gasteiger partial charge is 0.501 e. The van der Waals surface area contributed by atoms with Crippen molar-refractivity contribution in [2.45, 2.75) is 57.9 Å². The van der Waals surface area contributed by atoms with Gasteiger partial charge in [-0.2, -0.15) is 12.6 Å². The van der Waals surface area contributed by atoms with Crippen molar-refractivity contribution in [1.82, 2.24) is 9.80 Å². The highest BCUT2D eigenvalue weighted by Gasteiger charge is 2.40. The van der Waals surface area contributed by atoms with E-state index in [1.807, 2.05) is 0 Å². The van der Waals surface area contributed by atoms with Gasteiger partial charge in [-0.15, -0.1) is 0 Å². The van der Waals surface area contributed by atoms with Crippen LogP contribution in [0.1, 0.15) is 51.9 Å². The molecule has 0 aromatic heterocycles. The fourth-order valence-corrected chi connectivity index (χ4v) is 5.52. The third-order valence-electron chi connectivity index (χ3n) is 4.18. The summed E-state index contributed by atoms with van der Waals surface area (Å²) in [6.45, 7) is 6.07. The molecular weight excluding hydrogens is 364 g/mol. The van der Waals surface area contributed by atoms with E-state index in [0.717, 1.165) is 44.3 Å². The third kappa shape index (κ3) is 15.4. The molecular formula is C19H44N2O3SSi. The lowest BCUT2D eigenvalue weighted by Crippen LogP contribution is -2.48. The molecule has 0 aliphatic carbocycles. The van der Waals surface area contributed by atoms with E-state index in [2.05, 4.69) is 57.5 Å². The van der Waals surface area contributed by atoms with Crippen molar-refractivity contribution in [3.63, 3.8) is 0 Å². The average molecular weight is 409 g/mol. The summed E-state index contributed by atoms with van der Waals surface area (Å²) in [6.07, 6.45) is 8.54. The molecule has 0 aromatic rings. The molecule has 0 fully saturated rings. The van der Waals surface area contributed by atoms with Gasteiger partial charge in [-0.3, -0.25) is 0 Å². The van der Waals surface area contributed by atoms with Gasteiger partial charge in [-0.25, -0.2) is 0 Å². The van der Waals surface area contributed by atoms with Gasteiger partial charge in [-0.05, 0) is 46.8 Å². The summed E-state index contributed by atoms with van der Waals surface area (Å²) < 4.78 is 18.9. The first-order valence-electron chi connectivity index (χ1n) is 10.3. The maximum absolute atomic E-state index is 6.33. The Morgan fingerprint density at radius 1 is 0.692 bits per heavy atom. The Balaban J connectivity index is 4.54. The van der Waals surface area contributed by atoms with Crippen LogP contribution in [0, 0.1) is 0 Å². The summed E-state index contributed by atoms with van der Waals surface area (Å²) in [5.41, 5.74) is 0. The number of rotatable bonds is 19. The Morgan fingerprint density at radius 3 is 1.69 bits per heavy atom. The molecule has 0 unspecified atom stereocenters. The highest BCUT2D eigenvalue weighted by Crippen LogP contribution is 2.20. The van der Waals surface area contributed by atoms with E-state index < -0.39 is 8.80 Å². The standard InChI is InChI=1S/C19H44N2O3SSi/c1-6-7-8-9-10-11-15-22-26(19-12-18-25,23-16-13-20(2)3)24-17-14-21(4)5/h25H,6-19H2,1-5H3. The smallest absolute Gasteiger partial charge is 0.373 e. The third-order valence-corrected chi connectivity index (χ3v) is 7.40. The van der Waals surface area contributed by atoms with Crippen LogP contribution in [0.25, 0.3) is 0 Å². The first kappa shape index (κ1) is 26.4. The zero-order valence-electron chi connectivity index (χ0n) is 18.0. The number of unbranched alkanes of at least 4 members (excludes halogenated alkanes) is 5. The van der Waals surface area contributed by atoms with Crippen LogP contribution in [0.2, 0.25) is 6.04 Å². The van der Waals surface area contributed by atoms with E-state index in [4.69, 9.17) is 13.3 Å². The Morgan fingerprint density at radius 2 is 1.19 bits per heavy atom. The summed E-state index contributed by atoms with van der Waals surface area (Å²) in [6, 6.07) is 0.854. The second-order valence-electron chi connectivity index (χ2n) is 7.43. The molecule has 0 amide bonds. The quantitative estimate of drug-likeness (QED) is 0.200.